The van der Waals surface area contributed by atoms with Gasteiger partial charge in [-0.1, -0.05) is 26.0 Å². The quantitative estimate of drug-likeness (QED) is 0.705. The molecule has 1 aliphatic rings. The Balaban J connectivity index is 2.32. The maximum absolute atomic E-state index is 6.32. The van der Waals surface area contributed by atoms with E-state index in [1.807, 2.05) is 11.8 Å². The molecular weight excluding hydrogens is 236 g/mol. The molecule has 0 saturated heterocycles. The molecule has 0 amide bonds. The number of halogens is 1. The second kappa shape index (κ2) is 5.01. The fourth-order valence-electron chi connectivity index (χ4n) is 2.57. The molecule has 1 aromatic carbocycles. The summed E-state index contributed by atoms with van der Waals surface area (Å²) in [6, 6.07) is 6.92. The number of thioether (sulfide) groups is 1. The first-order chi connectivity index (χ1) is 7.59. The first-order valence-corrected chi connectivity index (χ1v) is 7.41. The summed E-state index contributed by atoms with van der Waals surface area (Å²) >= 11 is 8.30. The second-order valence-electron chi connectivity index (χ2n) is 4.91. The smallest absolute Gasteiger partial charge is 0.0378 e. The van der Waals surface area contributed by atoms with E-state index in [4.69, 9.17) is 11.6 Å². The molecule has 2 atom stereocenters. The molecule has 16 heavy (non-hydrogen) atoms. The van der Waals surface area contributed by atoms with Gasteiger partial charge >= 0.3 is 0 Å². The molecule has 0 bridgehead atoms. The lowest BCUT2D eigenvalue weighted by Crippen LogP contribution is -2.15. The molecule has 2 unspecified atom stereocenters. The van der Waals surface area contributed by atoms with Crippen molar-refractivity contribution in [3.05, 3.63) is 29.3 Å². The van der Waals surface area contributed by atoms with Crippen LogP contribution in [0.1, 0.15) is 37.8 Å². The van der Waals surface area contributed by atoms with Crippen molar-refractivity contribution < 1.29 is 0 Å². The van der Waals surface area contributed by atoms with E-state index in [1.54, 1.807) is 0 Å². The number of hydrogen-bond donors (Lipinski definition) is 0. The van der Waals surface area contributed by atoms with Gasteiger partial charge in [0, 0.05) is 21.9 Å². The first-order valence-electron chi connectivity index (χ1n) is 5.99. The molecule has 1 aliphatic heterocycles. The van der Waals surface area contributed by atoms with Gasteiger partial charge in [-0.2, -0.15) is 0 Å². The van der Waals surface area contributed by atoms with Crippen LogP contribution in [0.4, 0.5) is 0 Å². The Morgan fingerprint density at radius 2 is 2.00 bits per heavy atom. The number of benzene rings is 1. The first kappa shape index (κ1) is 12.3. The molecule has 0 aliphatic carbocycles. The zero-order chi connectivity index (χ0) is 11.7. The molecule has 0 fully saturated rings. The third kappa shape index (κ3) is 2.41. The van der Waals surface area contributed by atoms with Crippen LogP contribution in [0.3, 0.4) is 0 Å². The predicted molar refractivity (Wildman–Crippen MR) is 73.8 cm³/mol. The van der Waals surface area contributed by atoms with Crippen molar-refractivity contribution in [2.75, 3.05) is 5.75 Å². The predicted octanol–water partition coefficient (Wildman–Crippen LogP) is 4.70. The highest BCUT2D eigenvalue weighted by atomic mass is 35.5. The summed E-state index contributed by atoms with van der Waals surface area (Å²) in [6.45, 7) is 6.61. The molecule has 0 saturated carbocycles. The molecule has 1 heterocycles. The van der Waals surface area contributed by atoms with Crippen molar-refractivity contribution in [2.45, 2.75) is 43.4 Å². The van der Waals surface area contributed by atoms with Gasteiger partial charge in [0.15, 0.2) is 0 Å². The highest BCUT2D eigenvalue weighted by Gasteiger charge is 2.22. The molecule has 88 valence electrons. The van der Waals surface area contributed by atoms with E-state index < -0.39 is 0 Å². The van der Waals surface area contributed by atoms with Gasteiger partial charge < -0.3 is 0 Å². The molecule has 0 nitrogen and oxygen atoms in total. The van der Waals surface area contributed by atoms with Crippen LogP contribution in [0.2, 0.25) is 0 Å². The van der Waals surface area contributed by atoms with Crippen molar-refractivity contribution in [3.63, 3.8) is 0 Å². The number of aryl methyl sites for hydroxylation is 1. The summed E-state index contributed by atoms with van der Waals surface area (Å²) in [4.78, 5) is 1.47. The maximum Gasteiger partial charge on any atom is 0.0378 e. The summed E-state index contributed by atoms with van der Waals surface area (Å²) < 4.78 is 0. The van der Waals surface area contributed by atoms with E-state index in [2.05, 4.69) is 39.0 Å². The van der Waals surface area contributed by atoms with Gasteiger partial charge in [0.2, 0.25) is 0 Å². The minimum atomic E-state index is 0.199. The Kier molecular flexibility index (Phi) is 3.86. The highest BCUT2D eigenvalue weighted by Crippen LogP contribution is 2.37. The third-order valence-electron chi connectivity index (χ3n) is 3.32. The van der Waals surface area contributed by atoms with Crippen molar-refractivity contribution in [3.8, 4) is 0 Å². The molecule has 2 rings (SSSR count). The van der Waals surface area contributed by atoms with E-state index in [0.29, 0.717) is 11.8 Å². The maximum atomic E-state index is 6.32. The summed E-state index contributed by atoms with van der Waals surface area (Å²) in [5.41, 5.74) is 2.92. The number of hydrogen-bond acceptors (Lipinski definition) is 1. The number of alkyl halides is 1. The van der Waals surface area contributed by atoms with Gasteiger partial charge in [-0.3, -0.25) is 0 Å². The molecule has 0 radical (unpaired) electrons. The lowest BCUT2D eigenvalue weighted by Gasteiger charge is -2.24. The Hall–Kier alpha value is -0.140. The summed E-state index contributed by atoms with van der Waals surface area (Å²) in [5.74, 6) is 2.30. The van der Waals surface area contributed by atoms with Crippen LogP contribution in [0, 0.1) is 5.92 Å². The topological polar surface area (TPSA) is 0 Å². The standard InChI is InChI=1S/C14H19ClS/c1-9(2)14(10(3)15)12-5-4-11-6-7-16-13(11)8-12/h4-5,8-10,14H,6-7H2,1-3H3. The molecular formula is C14H19ClS. The van der Waals surface area contributed by atoms with Crippen molar-refractivity contribution >= 4 is 23.4 Å². The van der Waals surface area contributed by atoms with Crippen molar-refractivity contribution in [2.24, 2.45) is 5.92 Å². The minimum absolute atomic E-state index is 0.199. The summed E-state index contributed by atoms with van der Waals surface area (Å²) in [5, 5.41) is 0.199. The lowest BCUT2D eigenvalue weighted by molar-refractivity contribution is 0.490. The van der Waals surface area contributed by atoms with Gasteiger partial charge in [0.1, 0.15) is 0 Å². The SMILES string of the molecule is CC(C)C(c1ccc2c(c1)SCC2)C(C)Cl. The monoisotopic (exact) mass is 254 g/mol. The summed E-state index contributed by atoms with van der Waals surface area (Å²) in [7, 11) is 0. The van der Waals surface area contributed by atoms with Crippen LogP contribution in [-0.4, -0.2) is 11.1 Å². The van der Waals surface area contributed by atoms with Crippen LogP contribution >= 0.6 is 23.4 Å². The largest absolute Gasteiger partial charge is 0.126 e. The van der Waals surface area contributed by atoms with Gasteiger partial charge in [0.05, 0.1) is 0 Å². The van der Waals surface area contributed by atoms with Crippen LogP contribution in [-0.2, 0) is 6.42 Å². The van der Waals surface area contributed by atoms with E-state index in [1.165, 1.54) is 28.2 Å². The Bertz CT molecular complexity index is 363. The van der Waals surface area contributed by atoms with Gasteiger partial charge in [-0.15, -0.1) is 23.4 Å². The van der Waals surface area contributed by atoms with Crippen molar-refractivity contribution in [1.82, 2.24) is 0 Å². The van der Waals surface area contributed by atoms with E-state index in [9.17, 15) is 0 Å². The van der Waals surface area contributed by atoms with Crippen molar-refractivity contribution in [1.29, 1.82) is 0 Å². The zero-order valence-corrected chi connectivity index (χ0v) is 11.7. The zero-order valence-electron chi connectivity index (χ0n) is 10.2. The van der Waals surface area contributed by atoms with Gasteiger partial charge in [-0.05, 0) is 36.5 Å². The fraction of sp³-hybridized carbons (Fsp3) is 0.571. The molecule has 0 N–H and O–H groups in total. The van der Waals surface area contributed by atoms with Crippen LogP contribution in [0.5, 0.6) is 0 Å². The average Bonchev–Trinajstić information content (AvgIpc) is 2.63. The Morgan fingerprint density at radius 3 is 2.62 bits per heavy atom. The average molecular weight is 255 g/mol. The number of rotatable bonds is 3. The normalized spacial score (nSPS) is 18.6. The number of fused-ring (bicyclic) bond motifs is 1. The summed E-state index contributed by atoms with van der Waals surface area (Å²) in [6.07, 6.45) is 1.23. The van der Waals surface area contributed by atoms with Crippen LogP contribution < -0.4 is 0 Å². The molecule has 0 spiro atoms. The van der Waals surface area contributed by atoms with E-state index >= 15 is 0 Å². The highest BCUT2D eigenvalue weighted by molar-refractivity contribution is 7.99. The van der Waals surface area contributed by atoms with E-state index in [0.717, 1.165) is 0 Å². The second-order valence-corrected chi connectivity index (χ2v) is 6.74. The van der Waals surface area contributed by atoms with Gasteiger partial charge in [0.25, 0.3) is 0 Å². The van der Waals surface area contributed by atoms with Crippen LogP contribution in [0.25, 0.3) is 0 Å². The third-order valence-corrected chi connectivity index (χ3v) is 4.69. The molecule has 1 aromatic rings. The lowest BCUT2D eigenvalue weighted by atomic mass is 9.85. The molecule has 2 heteroatoms. The van der Waals surface area contributed by atoms with E-state index in [-0.39, 0.29) is 5.38 Å². The minimum Gasteiger partial charge on any atom is -0.126 e. The van der Waals surface area contributed by atoms with Gasteiger partial charge in [-0.25, -0.2) is 0 Å². The Labute approximate surface area is 108 Å². The molecule has 0 aromatic heterocycles. The Morgan fingerprint density at radius 1 is 1.25 bits per heavy atom. The fourth-order valence-corrected chi connectivity index (χ4v) is 4.12. The van der Waals surface area contributed by atoms with Crippen LogP contribution in [0.15, 0.2) is 23.1 Å².